The van der Waals surface area contributed by atoms with Crippen molar-refractivity contribution in [3.8, 4) is 35.5 Å². The normalized spacial score (nSPS) is 14.3. The molecule has 4 nitrogen and oxygen atoms in total. The molecule has 1 aliphatic rings. The molecule has 6 heteroatoms. The van der Waals surface area contributed by atoms with Gasteiger partial charge in [0, 0.05) is 15.3 Å². The molecule has 0 bridgehead atoms. The summed E-state index contributed by atoms with van der Waals surface area (Å²) in [4.78, 5) is 27.1. The first kappa shape index (κ1) is 18.7. The first-order valence-corrected chi connectivity index (χ1v) is 9.81. The Morgan fingerprint density at radius 2 is 1.70 bits per heavy atom. The smallest absolute Gasteiger partial charge is 0.272 e. The van der Waals surface area contributed by atoms with E-state index in [-0.39, 0.29) is 11.7 Å². The highest BCUT2D eigenvalue weighted by Crippen LogP contribution is 2.39. The minimum atomic E-state index is -1.58. The zero-order valence-electron chi connectivity index (χ0n) is 14.8. The number of anilines is 1. The number of amides is 1. The molecule has 1 unspecified atom stereocenters. The second-order valence-electron chi connectivity index (χ2n) is 5.52. The lowest BCUT2D eigenvalue weighted by Crippen LogP contribution is -2.26. The Hall–Kier alpha value is -3.11. The first-order chi connectivity index (χ1) is 13.0. The zero-order chi connectivity index (χ0) is 19.6. The van der Waals surface area contributed by atoms with Gasteiger partial charge in [0.25, 0.3) is 5.91 Å². The lowest BCUT2D eigenvalue weighted by molar-refractivity contribution is 0.101. The van der Waals surface area contributed by atoms with Gasteiger partial charge in [0.15, 0.2) is 11.0 Å². The molecule has 0 N–H and O–H groups in total. The molecule has 27 heavy (non-hydrogen) atoms. The number of hydrogen-bond acceptors (Lipinski definition) is 4. The maximum atomic E-state index is 12.8. The second-order valence-corrected chi connectivity index (χ2v) is 8.22. The molecule has 1 aliphatic heterocycles. The van der Waals surface area contributed by atoms with Crippen LogP contribution in [-0.2, 0) is 11.0 Å². The fraction of sp³-hybridized carbons (Fsp3) is 0.143. The van der Waals surface area contributed by atoms with Gasteiger partial charge in [-0.2, -0.15) is 0 Å². The molecule has 1 aromatic carbocycles. The number of thiophene rings is 1. The van der Waals surface area contributed by atoms with Crippen LogP contribution >= 0.6 is 11.3 Å². The lowest BCUT2D eigenvalue weighted by atomic mass is 10.1. The molecular weight excluding hydrogens is 378 g/mol. The molecule has 1 aromatic heterocycles. The third kappa shape index (κ3) is 3.44. The quantitative estimate of drug-likeness (QED) is 0.449. The Bertz CT molecular complexity index is 1130. The van der Waals surface area contributed by atoms with Gasteiger partial charge in [-0.15, -0.1) is 11.3 Å². The van der Waals surface area contributed by atoms with Crippen molar-refractivity contribution < 1.29 is 13.8 Å². The van der Waals surface area contributed by atoms with Gasteiger partial charge >= 0.3 is 0 Å². The Morgan fingerprint density at radius 1 is 1.04 bits per heavy atom. The topological polar surface area (TPSA) is 54.5 Å². The number of fused-ring (bicyclic) bond motifs is 1. The molecular formula is C21H13NO3S2. The van der Waals surface area contributed by atoms with Crippen molar-refractivity contribution in [2.24, 2.45) is 0 Å². The van der Waals surface area contributed by atoms with Crippen LogP contribution in [0.4, 0.5) is 5.69 Å². The Kier molecular flexibility index (Phi) is 5.28. The standard InChI is InChI=1S/C21H13NO3S2/c1-4-5-6-7-8-9-18(23)16-10-12-17(13-11-16)22-21(24)19-14(2)26-15(3)20(19)27(22)25/h10-13H,1-3H3. The van der Waals surface area contributed by atoms with Gasteiger partial charge in [-0.1, -0.05) is 5.92 Å². The summed E-state index contributed by atoms with van der Waals surface area (Å²) in [5.41, 5.74) is 1.37. The van der Waals surface area contributed by atoms with Crippen LogP contribution in [0.3, 0.4) is 0 Å². The maximum Gasteiger partial charge on any atom is 0.272 e. The van der Waals surface area contributed by atoms with Crippen molar-refractivity contribution >= 4 is 39.7 Å². The summed E-state index contributed by atoms with van der Waals surface area (Å²) in [6.45, 7) is 5.37. The average molecular weight is 391 g/mol. The highest BCUT2D eigenvalue weighted by Gasteiger charge is 2.39. The SMILES string of the molecule is CC#CC#CC#CC(=O)c1ccc(N2C(=O)c3c(C)sc(C)c3S2=O)cc1. The van der Waals surface area contributed by atoms with Crippen LogP contribution in [0.2, 0.25) is 0 Å². The van der Waals surface area contributed by atoms with E-state index >= 15 is 0 Å². The van der Waals surface area contributed by atoms with E-state index in [2.05, 4.69) is 35.5 Å². The molecule has 0 radical (unpaired) electrons. The molecule has 132 valence electrons. The van der Waals surface area contributed by atoms with Crippen LogP contribution in [-0.4, -0.2) is 15.9 Å². The van der Waals surface area contributed by atoms with Gasteiger partial charge in [-0.05, 0) is 74.6 Å². The van der Waals surface area contributed by atoms with Gasteiger partial charge in [-0.3, -0.25) is 9.59 Å². The number of nitrogens with zero attached hydrogens (tertiary/aromatic N) is 1. The highest BCUT2D eigenvalue weighted by atomic mass is 32.2. The number of benzene rings is 1. The number of aryl methyl sites for hydroxylation is 2. The highest BCUT2D eigenvalue weighted by molar-refractivity contribution is 7.88. The van der Waals surface area contributed by atoms with Crippen molar-refractivity contribution in [2.45, 2.75) is 25.7 Å². The van der Waals surface area contributed by atoms with Gasteiger partial charge in [0.2, 0.25) is 5.78 Å². The van der Waals surface area contributed by atoms with E-state index in [0.717, 1.165) is 9.75 Å². The van der Waals surface area contributed by atoms with Crippen molar-refractivity contribution in [1.82, 2.24) is 0 Å². The molecule has 2 heterocycles. The third-order valence-corrected chi connectivity index (χ3v) is 6.51. The van der Waals surface area contributed by atoms with Crippen molar-refractivity contribution in [3.05, 3.63) is 45.1 Å². The minimum Gasteiger partial charge on any atom is -0.279 e. The van der Waals surface area contributed by atoms with Crippen molar-refractivity contribution in [3.63, 3.8) is 0 Å². The average Bonchev–Trinajstić information content (AvgIpc) is 3.10. The Balaban J connectivity index is 1.84. The molecule has 0 aliphatic carbocycles. The predicted octanol–water partition coefficient (Wildman–Crippen LogP) is 3.26. The molecule has 0 saturated heterocycles. The summed E-state index contributed by atoms with van der Waals surface area (Å²) < 4.78 is 14.1. The van der Waals surface area contributed by atoms with Crippen LogP contribution in [0.5, 0.6) is 0 Å². The largest absolute Gasteiger partial charge is 0.279 e. The van der Waals surface area contributed by atoms with E-state index in [1.54, 1.807) is 31.2 Å². The zero-order valence-corrected chi connectivity index (χ0v) is 16.4. The van der Waals surface area contributed by atoms with Crippen LogP contribution < -0.4 is 4.31 Å². The molecule has 0 spiro atoms. The van der Waals surface area contributed by atoms with Crippen molar-refractivity contribution in [1.29, 1.82) is 0 Å². The summed E-state index contributed by atoms with van der Waals surface area (Å²) in [7, 11) is -1.58. The Morgan fingerprint density at radius 3 is 2.33 bits per heavy atom. The third-order valence-electron chi connectivity index (χ3n) is 3.80. The number of ketones is 1. The number of carbonyl (C=O) groups excluding carboxylic acids is 2. The predicted molar refractivity (Wildman–Crippen MR) is 107 cm³/mol. The Labute approximate surface area is 164 Å². The van der Waals surface area contributed by atoms with E-state index in [1.807, 2.05) is 13.8 Å². The van der Waals surface area contributed by atoms with Gasteiger partial charge in [0.05, 0.1) is 16.1 Å². The van der Waals surface area contributed by atoms with Gasteiger partial charge in [0.1, 0.15) is 0 Å². The monoisotopic (exact) mass is 391 g/mol. The minimum absolute atomic E-state index is 0.281. The molecule has 0 saturated carbocycles. The molecule has 2 aromatic rings. The summed E-state index contributed by atoms with van der Waals surface area (Å²) in [6.07, 6.45) is 0. The number of hydrogen-bond donors (Lipinski definition) is 0. The number of rotatable bonds is 2. The molecule has 0 fully saturated rings. The summed E-state index contributed by atoms with van der Waals surface area (Å²) in [5.74, 6) is 14.3. The molecule has 3 rings (SSSR count). The fourth-order valence-electron chi connectivity index (χ4n) is 2.64. The maximum absolute atomic E-state index is 12.8. The van der Waals surface area contributed by atoms with Crippen molar-refractivity contribution in [2.75, 3.05) is 4.31 Å². The van der Waals surface area contributed by atoms with Crippen LogP contribution in [0.1, 0.15) is 37.4 Å². The van der Waals surface area contributed by atoms with E-state index in [0.29, 0.717) is 21.7 Å². The van der Waals surface area contributed by atoms with Gasteiger partial charge < -0.3 is 0 Å². The molecule has 1 amide bonds. The fourth-order valence-corrected chi connectivity index (χ4v) is 5.38. The van der Waals surface area contributed by atoms with E-state index in [1.165, 1.54) is 15.6 Å². The number of carbonyl (C=O) groups is 2. The van der Waals surface area contributed by atoms with E-state index < -0.39 is 11.0 Å². The van der Waals surface area contributed by atoms with Gasteiger partial charge in [-0.25, -0.2) is 8.51 Å². The first-order valence-electron chi connectivity index (χ1n) is 7.89. The summed E-state index contributed by atoms with van der Waals surface area (Å²) in [5, 5.41) is 0. The van der Waals surface area contributed by atoms with Crippen LogP contribution in [0.15, 0.2) is 29.2 Å². The molecule has 1 atom stereocenters. The summed E-state index contributed by atoms with van der Waals surface area (Å²) in [6, 6.07) is 6.31. The van der Waals surface area contributed by atoms with Crippen LogP contribution in [0, 0.1) is 49.4 Å². The second kappa shape index (κ2) is 7.64. The number of Topliss-reactive ketones (excluding diaryl/α,β-unsaturated/α-hetero) is 1. The van der Waals surface area contributed by atoms with E-state index in [4.69, 9.17) is 0 Å². The van der Waals surface area contributed by atoms with E-state index in [9.17, 15) is 13.8 Å². The summed E-state index contributed by atoms with van der Waals surface area (Å²) >= 11 is 1.48. The van der Waals surface area contributed by atoms with Crippen LogP contribution in [0.25, 0.3) is 0 Å². The lowest BCUT2D eigenvalue weighted by Gasteiger charge is -2.15.